The highest BCUT2D eigenvalue weighted by atomic mass is 16.4. The van der Waals surface area contributed by atoms with Crippen LogP contribution in [0.25, 0.3) is 0 Å². The molecule has 0 bridgehead atoms. The van der Waals surface area contributed by atoms with Crippen LogP contribution in [0.2, 0.25) is 0 Å². The molecule has 3 unspecified atom stereocenters. The zero-order valence-electron chi connectivity index (χ0n) is 9.49. The molecule has 0 amide bonds. The molecule has 3 atom stereocenters. The third-order valence-corrected chi connectivity index (χ3v) is 3.54. The summed E-state index contributed by atoms with van der Waals surface area (Å²) in [5.41, 5.74) is 0. The lowest BCUT2D eigenvalue weighted by molar-refractivity contribution is -0.144. The van der Waals surface area contributed by atoms with E-state index >= 15 is 0 Å². The zero-order valence-corrected chi connectivity index (χ0v) is 9.49. The van der Waals surface area contributed by atoms with Crippen LogP contribution in [-0.4, -0.2) is 11.1 Å². The minimum atomic E-state index is -0.598. The molecule has 0 radical (unpaired) electrons. The van der Waals surface area contributed by atoms with Crippen molar-refractivity contribution in [2.24, 2.45) is 23.7 Å². The Morgan fingerprint density at radius 1 is 1.29 bits per heavy atom. The minimum absolute atomic E-state index is 0.111. The Balaban J connectivity index is 2.61. The van der Waals surface area contributed by atoms with Crippen molar-refractivity contribution in [3.05, 3.63) is 0 Å². The van der Waals surface area contributed by atoms with Crippen molar-refractivity contribution in [3.63, 3.8) is 0 Å². The molecule has 0 aromatic carbocycles. The maximum Gasteiger partial charge on any atom is 0.306 e. The molecule has 1 fully saturated rings. The molecule has 0 aromatic heterocycles. The van der Waals surface area contributed by atoms with Gasteiger partial charge in [0.2, 0.25) is 0 Å². The van der Waals surface area contributed by atoms with Crippen LogP contribution in [0.15, 0.2) is 0 Å². The Morgan fingerprint density at radius 2 is 1.79 bits per heavy atom. The fourth-order valence-corrected chi connectivity index (χ4v) is 3.05. The van der Waals surface area contributed by atoms with Gasteiger partial charge in [0.05, 0.1) is 5.92 Å². The number of hydrogen-bond donors (Lipinski definition) is 1. The molecule has 1 aliphatic carbocycles. The fraction of sp³-hybridized carbons (Fsp3) is 0.917. The van der Waals surface area contributed by atoms with Gasteiger partial charge in [-0.05, 0) is 43.4 Å². The highest BCUT2D eigenvalue weighted by molar-refractivity contribution is 5.70. The van der Waals surface area contributed by atoms with Crippen LogP contribution in [0.5, 0.6) is 0 Å². The molecule has 14 heavy (non-hydrogen) atoms. The summed E-state index contributed by atoms with van der Waals surface area (Å²) in [6.07, 6.45) is 4.26. The minimum Gasteiger partial charge on any atom is -0.481 e. The molecule has 0 heterocycles. The Kier molecular flexibility index (Phi) is 3.97. The first-order valence-electron chi connectivity index (χ1n) is 5.77. The third-order valence-electron chi connectivity index (χ3n) is 3.54. The van der Waals surface area contributed by atoms with Crippen LogP contribution in [-0.2, 0) is 4.79 Å². The summed E-state index contributed by atoms with van der Waals surface area (Å²) >= 11 is 0. The first-order chi connectivity index (χ1) is 6.54. The number of carboxylic acid groups (broad SMARTS) is 1. The molecule has 2 heteroatoms. The molecule has 1 N–H and O–H groups in total. The second kappa shape index (κ2) is 4.81. The number of rotatable bonds is 3. The van der Waals surface area contributed by atoms with Gasteiger partial charge in [0.1, 0.15) is 0 Å². The average Bonchev–Trinajstić information content (AvgIpc) is 2.02. The summed E-state index contributed by atoms with van der Waals surface area (Å²) < 4.78 is 0. The van der Waals surface area contributed by atoms with E-state index in [9.17, 15) is 4.79 Å². The van der Waals surface area contributed by atoms with Gasteiger partial charge in [-0.2, -0.15) is 0 Å². The SMILES string of the molecule is CCC(C(=O)O)C1CC(C)CC(C)C1. The Morgan fingerprint density at radius 3 is 2.14 bits per heavy atom. The Labute approximate surface area is 86.7 Å². The van der Waals surface area contributed by atoms with Crippen LogP contribution in [0.4, 0.5) is 0 Å². The number of aliphatic carboxylic acids is 1. The van der Waals surface area contributed by atoms with Crippen molar-refractivity contribution in [2.45, 2.75) is 46.5 Å². The first-order valence-corrected chi connectivity index (χ1v) is 5.77. The van der Waals surface area contributed by atoms with E-state index in [0.717, 1.165) is 19.3 Å². The van der Waals surface area contributed by atoms with Gasteiger partial charge >= 0.3 is 5.97 Å². The summed E-state index contributed by atoms with van der Waals surface area (Å²) in [4.78, 5) is 11.0. The first kappa shape index (κ1) is 11.5. The number of carbonyl (C=O) groups is 1. The van der Waals surface area contributed by atoms with E-state index in [-0.39, 0.29) is 5.92 Å². The van der Waals surface area contributed by atoms with Crippen LogP contribution >= 0.6 is 0 Å². The quantitative estimate of drug-likeness (QED) is 0.756. The van der Waals surface area contributed by atoms with Crippen molar-refractivity contribution in [2.75, 3.05) is 0 Å². The maximum atomic E-state index is 11.0. The average molecular weight is 198 g/mol. The summed E-state index contributed by atoms with van der Waals surface area (Å²) in [6.45, 7) is 6.48. The molecule has 1 saturated carbocycles. The van der Waals surface area contributed by atoms with Crippen molar-refractivity contribution >= 4 is 5.97 Å². The van der Waals surface area contributed by atoms with E-state index in [1.807, 2.05) is 6.92 Å². The molecular formula is C12H22O2. The van der Waals surface area contributed by atoms with E-state index in [1.54, 1.807) is 0 Å². The van der Waals surface area contributed by atoms with E-state index in [1.165, 1.54) is 6.42 Å². The highest BCUT2D eigenvalue weighted by Gasteiger charge is 2.32. The molecule has 82 valence electrons. The topological polar surface area (TPSA) is 37.3 Å². The van der Waals surface area contributed by atoms with Crippen molar-refractivity contribution in [3.8, 4) is 0 Å². The Bertz CT molecular complexity index is 190. The van der Waals surface area contributed by atoms with Gasteiger partial charge in [0, 0.05) is 0 Å². The number of carboxylic acids is 1. The number of hydrogen-bond acceptors (Lipinski definition) is 1. The van der Waals surface area contributed by atoms with Crippen molar-refractivity contribution in [1.29, 1.82) is 0 Å². The summed E-state index contributed by atoms with van der Waals surface area (Å²) in [5.74, 6) is 1.12. The lowest BCUT2D eigenvalue weighted by atomic mass is 9.71. The van der Waals surface area contributed by atoms with E-state index in [0.29, 0.717) is 17.8 Å². The van der Waals surface area contributed by atoms with Crippen molar-refractivity contribution < 1.29 is 9.90 Å². The van der Waals surface area contributed by atoms with Crippen LogP contribution in [0.1, 0.15) is 46.5 Å². The van der Waals surface area contributed by atoms with Gasteiger partial charge in [-0.15, -0.1) is 0 Å². The second-order valence-electron chi connectivity index (χ2n) is 5.03. The van der Waals surface area contributed by atoms with Crippen LogP contribution in [0.3, 0.4) is 0 Å². The lowest BCUT2D eigenvalue weighted by Crippen LogP contribution is -2.30. The molecule has 1 rings (SSSR count). The predicted octanol–water partition coefficient (Wildman–Crippen LogP) is 3.17. The molecule has 0 aromatic rings. The summed E-state index contributed by atoms with van der Waals surface area (Å²) in [6, 6.07) is 0. The molecule has 0 saturated heterocycles. The molecule has 0 aliphatic heterocycles. The predicted molar refractivity (Wildman–Crippen MR) is 57.1 cm³/mol. The van der Waals surface area contributed by atoms with Crippen LogP contribution < -0.4 is 0 Å². The fourth-order valence-electron chi connectivity index (χ4n) is 3.05. The highest BCUT2D eigenvalue weighted by Crippen LogP contribution is 2.38. The van der Waals surface area contributed by atoms with Gasteiger partial charge in [-0.3, -0.25) is 4.79 Å². The summed E-state index contributed by atoms with van der Waals surface area (Å²) in [5, 5.41) is 9.10. The summed E-state index contributed by atoms with van der Waals surface area (Å²) in [7, 11) is 0. The van der Waals surface area contributed by atoms with Gasteiger partial charge in [-0.25, -0.2) is 0 Å². The third kappa shape index (κ3) is 2.73. The maximum absolute atomic E-state index is 11.0. The molecule has 2 nitrogen and oxygen atoms in total. The lowest BCUT2D eigenvalue weighted by Gasteiger charge is -2.34. The smallest absolute Gasteiger partial charge is 0.306 e. The monoisotopic (exact) mass is 198 g/mol. The van der Waals surface area contributed by atoms with E-state index in [4.69, 9.17) is 5.11 Å². The van der Waals surface area contributed by atoms with Gasteiger partial charge in [0.15, 0.2) is 0 Å². The largest absolute Gasteiger partial charge is 0.481 e. The van der Waals surface area contributed by atoms with Crippen molar-refractivity contribution in [1.82, 2.24) is 0 Å². The van der Waals surface area contributed by atoms with Crippen LogP contribution in [0, 0.1) is 23.7 Å². The van der Waals surface area contributed by atoms with Gasteiger partial charge in [0.25, 0.3) is 0 Å². The standard InChI is InChI=1S/C12H22O2/c1-4-11(12(13)14)10-6-8(2)5-9(3)7-10/h8-11H,4-7H2,1-3H3,(H,13,14). The molecular weight excluding hydrogens is 176 g/mol. The second-order valence-corrected chi connectivity index (χ2v) is 5.03. The Hall–Kier alpha value is -0.530. The molecule has 0 spiro atoms. The van der Waals surface area contributed by atoms with E-state index in [2.05, 4.69) is 13.8 Å². The van der Waals surface area contributed by atoms with Gasteiger partial charge in [-0.1, -0.05) is 20.8 Å². The van der Waals surface area contributed by atoms with Gasteiger partial charge < -0.3 is 5.11 Å². The van der Waals surface area contributed by atoms with E-state index < -0.39 is 5.97 Å². The molecule has 1 aliphatic rings. The zero-order chi connectivity index (χ0) is 10.7. The normalized spacial score (nSPS) is 35.2.